The van der Waals surface area contributed by atoms with E-state index in [0.29, 0.717) is 5.02 Å². The van der Waals surface area contributed by atoms with Gasteiger partial charge in [-0.25, -0.2) is 12.8 Å². The van der Waals surface area contributed by atoms with Gasteiger partial charge in [0.1, 0.15) is 12.4 Å². The number of carbonyl (C=O) groups is 1. The number of benzene rings is 2. The zero-order valence-electron chi connectivity index (χ0n) is 13.1. The standard InChI is InChI=1S/C16H14Cl2FNO4S/c1-2-24-16(21)10-20(15-8-3-11(17)9-14(15)18)25(22,23)13-6-4-12(19)5-7-13/h3-9H,2,10H2,1H3. The van der Waals surface area contributed by atoms with E-state index in [1.165, 1.54) is 18.2 Å². The second kappa shape index (κ2) is 8.03. The molecule has 0 aliphatic carbocycles. The molecule has 0 atom stereocenters. The van der Waals surface area contributed by atoms with E-state index in [0.717, 1.165) is 28.6 Å². The number of anilines is 1. The topological polar surface area (TPSA) is 63.7 Å². The van der Waals surface area contributed by atoms with Crippen LogP contribution in [-0.2, 0) is 19.6 Å². The van der Waals surface area contributed by atoms with Gasteiger partial charge < -0.3 is 4.74 Å². The number of esters is 1. The van der Waals surface area contributed by atoms with Crippen LogP contribution in [0.3, 0.4) is 0 Å². The Morgan fingerprint density at radius 3 is 2.36 bits per heavy atom. The van der Waals surface area contributed by atoms with E-state index in [9.17, 15) is 17.6 Å². The third-order valence-electron chi connectivity index (χ3n) is 3.16. The van der Waals surface area contributed by atoms with Gasteiger partial charge >= 0.3 is 5.97 Å². The summed E-state index contributed by atoms with van der Waals surface area (Å²) in [7, 11) is -4.18. The number of halogens is 3. The van der Waals surface area contributed by atoms with Crippen molar-refractivity contribution in [3.63, 3.8) is 0 Å². The molecule has 0 aliphatic heterocycles. The van der Waals surface area contributed by atoms with Crippen LogP contribution in [0.1, 0.15) is 6.92 Å². The minimum Gasteiger partial charge on any atom is -0.465 e. The van der Waals surface area contributed by atoms with E-state index >= 15 is 0 Å². The van der Waals surface area contributed by atoms with E-state index in [2.05, 4.69) is 0 Å². The van der Waals surface area contributed by atoms with E-state index in [1.807, 2.05) is 0 Å². The summed E-state index contributed by atoms with van der Waals surface area (Å²) in [4.78, 5) is 11.7. The summed E-state index contributed by atoms with van der Waals surface area (Å²) in [5, 5.41) is 0.353. The molecule has 0 heterocycles. The van der Waals surface area contributed by atoms with Gasteiger partial charge in [0.2, 0.25) is 0 Å². The maximum atomic E-state index is 13.1. The molecule has 0 amide bonds. The monoisotopic (exact) mass is 405 g/mol. The van der Waals surface area contributed by atoms with Gasteiger partial charge in [0, 0.05) is 5.02 Å². The van der Waals surface area contributed by atoms with E-state index in [4.69, 9.17) is 27.9 Å². The Hall–Kier alpha value is -1.83. The molecule has 0 fully saturated rings. The maximum Gasteiger partial charge on any atom is 0.326 e. The van der Waals surface area contributed by atoms with Crippen molar-refractivity contribution >= 4 is 44.9 Å². The quantitative estimate of drug-likeness (QED) is 0.683. The minimum atomic E-state index is -4.18. The molecule has 0 aromatic heterocycles. The molecule has 134 valence electrons. The molecule has 0 saturated carbocycles. The van der Waals surface area contributed by atoms with Gasteiger partial charge in [-0.05, 0) is 49.4 Å². The number of hydrogen-bond donors (Lipinski definition) is 0. The van der Waals surface area contributed by atoms with Crippen molar-refractivity contribution in [3.8, 4) is 0 Å². The highest BCUT2D eigenvalue weighted by molar-refractivity contribution is 7.92. The Balaban J connectivity index is 2.53. The first-order valence-corrected chi connectivity index (χ1v) is 9.34. The Kier molecular flexibility index (Phi) is 6.26. The molecule has 0 bridgehead atoms. The number of rotatable bonds is 6. The lowest BCUT2D eigenvalue weighted by molar-refractivity contribution is -0.141. The highest BCUT2D eigenvalue weighted by Gasteiger charge is 2.29. The average molecular weight is 406 g/mol. The number of sulfonamides is 1. The molecule has 0 saturated heterocycles. The molecule has 2 aromatic rings. The number of hydrogen-bond acceptors (Lipinski definition) is 4. The molecule has 0 radical (unpaired) electrons. The Morgan fingerprint density at radius 1 is 1.16 bits per heavy atom. The van der Waals surface area contributed by atoms with Gasteiger partial charge in [0.05, 0.1) is 22.2 Å². The molecule has 0 N–H and O–H groups in total. The zero-order valence-corrected chi connectivity index (χ0v) is 15.4. The first-order valence-electron chi connectivity index (χ1n) is 7.14. The average Bonchev–Trinajstić information content (AvgIpc) is 2.54. The molecule has 0 spiro atoms. The van der Waals surface area contributed by atoms with Crippen LogP contribution in [-0.4, -0.2) is 27.5 Å². The van der Waals surface area contributed by atoms with Crippen molar-refractivity contribution in [2.45, 2.75) is 11.8 Å². The lowest BCUT2D eigenvalue weighted by atomic mass is 10.3. The van der Waals surface area contributed by atoms with Crippen molar-refractivity contribution < 1.29 is 22.3 Å². The third-order valence-corrected chi connectivity index (χ3v) is 5.47. The molecule has 2 rings (SSSR count). The van der Waals surface area contributed by atoms with Gasteiger partial charge in [-0.3, -0.25) is 9.10 Å². The first-order chi connectivity index (χ1) is 11.8. The molecule has 9 heteroatoms. The van der Waals surface area contributed by atoms with Crippen LogP contribution in [0.4, 0.5) is 10.1 Å². The fourth-order valence-corrected chi connectivity index (χ4v) is 4.03. The molecule has 25 heavy (non-hydrogen) atoms. The van der Waals surface area contributed by atoms with Gasteiger partial charge in [-0.2, -0.15) is 0 Å². The molecule has 2 aromatic carbocycles. The first kappa shape index (κ1) is 19.5. The largest absolute Gasteiger partial charge is 0.465 e. The summed E-state index contributed by atoms with van der Waals surface area (Å²) < 4.78 is 44.6. The molecule has 5 nitrogen and oxygen atoms in total. The Morgan fingerprint density at radius 2 is 1.80 bits per heavy atom. The van der Waals surface area contributed by atoms with Crippen molar-refractivity contribution in [2.24, 2.45) is 0 Å². The summed E-state index contributed by atoms with van der Waals surface area (Å²) in [5.41, 5.74) is 0.0587. The summed E-state index contributed by atoms with van der Waals surface area (Å²) in [6, 6.07) is 8.42. The summed E-state index contributed by atoms with van der Waals surface area (Å²) in [6.07, 6.45) is 0. The van der Waals surface area contributed by atoms with Crippen molar-refractivity contribution in [1.82, 2.24) is 0 Å². The SMILES string of the molecule is CCOC(=O)CN(c1ccc(Cl)cc1Cl)S(=O)(=O)c1ccc(F)cc1. The van der Waals surface area contributed by atoms with Gasteiger partial charge in [0.15, 0.2) is 0 Å². The van der Waals surface area contributed by atoms with Gasteiger partial charge in [-0.1, -0.05) is 23.2 Å². The van der Waals surface area contributed by atoms with Gasteiger partial charge in [0.25, 0.3) is 10.0 Å². The van der Waals surface area contributed by atoms with Crippen LogP contribution in [0.5, 0.6) is 0 Å². The van der Waals surface area contributed by atoms with Crippen molar-refractivity contribution in [1.29, 1.82) is 0 Å². The normalized spacial score (nSPS) is 11.2. The fourth-order valence-electron chi connectivity index (χ4n) is 2.04. The van der Waals surface area contributed by atoms with E-state index in [-0.39, 0.29) is 22.2 Å². The van der Waals surface area contributed by atoms with Crippen LogP contribution in [0, 0.1) is 5.82 Å². The summed E-state index contributed by atoms with van der Waals surface area (Å²) in [5.74, 6) is -1.33. The minimum absolute atomic E-state index is 0.0440. The predicted octanol–water partition coefficient (Wildman–Crippen LogP) is 3.89. The maximum absolute atomic E-state index is 13.1. The molecule has 0 unspecified atom stereocenters. The highest BCUT2D eigenvalue weighted by atomic mass is 35.5. The van der Waals surface area contributed by atoms with E-state index < -0.39 is 28.4 Å². The smallest absolute Gasteiger partial charge is 0.326 e. The van der Waals surface area contributed by atoms with Crippen LogP contribution < -0.4 is 4.31 Å². The lowest BCUT2D eigenvalue weighted by Crippen LogP contribution is -2.36. The van der Waals surface area contributed by atoms with Crippen LogP contribution in [0.25, 0.3) is 0 Å². The Bertz CT molecular complexity index is 872. The van der Waals surface area contributed by atoms with Crippen LogP contribution in [0.15, 0.2) is 47.4 Å². The zero-order chi connectivity index (χ0) is 18.6. The van der Waals surface area contributed by atoms with Gasteiger partial charge in [-0.15, -0.1) is 0 Å². The third kappa shape index (κ3) is 4.62. The van der Waals surface area contributed by atoms with E-state index in [1.54, 1.807) is 6.92 Å². The predicted molar refractivity (Wildman–Crippen MR) is 94.0 cm³/mol. The Labute approximate surface area is 155 Å². The molecular weight excluding hydrogens is 392 g/mol. The van der Waals surface area contributed by atoms with Crippen molar-refractivity contribution in [2.75, 3.05) is 17.5 Å². The summed E-state index contributed by atoms with van der Waals surface area (Å²) in [6.45, 7) is 1.11. The van der Waals surface area contributed by atoms with Crippen LogP contribution >= 0.6 is 23.2 Å². The second-order valence-corrected chi connectivity index (χ2v) is 7.57. The fraction of sp³-hybridized carbons (Fsp3) is 0.188. The number of carbonyl (C=O) groups excluding carboxylic acids is 1. The molecule has 0 aliphatic rings. The highest BCUT2D eigenvalue weighted by Crippen LogP contribution is 2.32. The number of nitrogens with zero attached hydrogens (tertiary/aromatic N) is 1. The van der Waals surface area contributed by atoms with Crippen molar-refractivity contribution in [3.05, 3.63) is 58.3 Å². The second-order valence-electron chi connectivity index (χ2n) is 4.87. The summed E-state index contributed by atoms with van der Waals surface area (Å²) >= 11 is 11.9. The van der Waals surface area contributed by atoms with Crippen LogP contribution in [0.2, 0.25) is 10.0 Å². The molecular formula is C16H14Cl2FNO4S. The lowest BCUT2D eigenvalue weighted by Gasteiger charge is -2.24. The number of ether oxygens (including phenoxy) is 1.